The second-order valence-corrected chi connectivity index (χ2v) is 6.84. The van der Waals surface area contributed by atoms with E-state index in [0.29, 0.717) is 15.6 Å². The van der Waals surface area contributed by atoms with Crippen molar-refractivity contribution in [1.82, 2.24) is 0 Å². The van der Waals surface area contributed by atoms with Crippen LogP contribution in [0.15, 0.2) is 77.0 Å². The average Bonchev–Trinajstić information content (AvgIpc) is 2.99. The van der Waals surface area contributed by atoms with E-state index < -0.39 is 11.8 Å². The van der Waals surface area contributed by atoms with Crippen LogP contribution in [-0.4, -0.2) is 11.8 Å². The number of hydrogen-bond donors (Lipinski definition) is 0. The molecule has 6 heteroatoms. The van der Waals surface area contributed by atoms with Gasteiger partial charge in [0.05, 0.1) is 11.1 Å². The number of allylic oxidation sites excluding steroid dienone is 1. The van der Waals surface area contributed by atoms with Crippen molar-refractivity contribution in [1.29, 1.82) is 0 Å². The second kappa shape index (κ2) is 7.40. The van der Waals surface area contributed by atoms with Crippen LogP contribution in [0.25, 0.3) is 6.08 Å². The Morgan fingerprint density at radius 3 is 2.57 bits per heavy atom. The summed E-state index contributed by atoms with van der Waals surface area (Å²) in [5, 5.41) is 0. The van der Waals surface area contributed by atoms with Crippen LogP contribution in [0.3, 0.4) is 0 Å². The number of fused-ring (bicyclic) bond motifs is 1. The van der Waals surface area contributed by atoms with E-state index in [-0.39, 0.29) is 28.6 Å². The van der Waals surface area contributed by atoms with Gasteiger partial charge in [-0.25, -0.2) is 9.18 Å². The molecule has 0 N–H and O–H groups in total. The molecular formula is C22H12BrFO4. The summed E-state index contributed by atoms with van der Waals surface area (Å²) in [7, 11) is 0. The van der Waals surface area contributed by atoms with Crippen LogP contribution in [0.2, 0.25) is 0 Å². The molecule has 0 saturated heterocycles. The first-order chi connectivity index (χ1) is 13.5. The largest absolute Gasteiger partial charge is 0.452 e. The van der Waals surface area contributed by atoms with Gasteiger partial charge in [0.2, 0.25) is 5.78 Å². The summed E-state index contributed by atoms with van der Waals surface area (Å²) >= 11 is 3.30. The van der Waals surface area contributed by atoms with E-state index in [2.05, 4.69) is 15.9 Å². The number of halogens is 2. The van der Waals surface area contributed by atoms with Crippen molar-refractivity contribution in [2.45, 2.75) is 0 Å². The van der Waals surface area contributed by atoms with Crippen molar-refractivity contribution in [2.24, 2.45) is 0 Å². The molecule has 0 amide bonds. The molecule has 28 heavy (non-hydrogen) atoms. The second-order valence-electron chi connectivity index (χ2n) is 5.99. The van der Waals surface area contributed by atoms with Crippen LogP contribution < -0.4 is 9.47 Å². The lowest BCUT2D eigenvalue weighted by Gasteiger charge is -2.07. The number of carbonyl (C=O) groups excluding carboxylic acids is 2. The highest BCUT2D eigenvalue weighted by atomic mass is 79.9. The molecule has 0 aliphatic carbocycles. The molecule has 0 bridgehead atoms. The highest BCUT2D eigenvalue weighted by molar-refractivity contribution is 9.10. The van der Waals surface area contributed by atoms with Gasteiger partial charge >= 0.3 is 5.97 Å². The van der Waals surface area contributed by atoms with Gasteiger partial charge in [-0.2, -0.15) is 0 Å². The van der Waals surface area contributed by atoms with Gasteiger partial charge in [-0.1, -0.05) is 30.3 Å². The third-order valence-corrected chi connectivity index (χ3v) is 4.83. The number of ketones is 1. The molecule has 0 unspecified atom stereocenters. The number of rotatable bonds is 3. The Morgan fingerprint density at radius 1 is 1.04 bits per heavy atom. The summed E-state index contributed by atoms with van der Waals surface area (Å²) in [6, 6.07) is 17.5. The maximum atomic E-state index is 13.8. The van der Waals surface area contributed by atoms with Crippen LogP contribution in [0, 0.1) is 5.82 Å². The first-order valence-corrected chi connectivity index (χ1v) is 9.12. The van der Waals surface area contributed by atoms with E-state index in [4.69, 9.17) is 9.47 Å². The lowest BCUT2D eigenvalue weighted by molar-refractivity contribution is 0.0733. The third-order valence-electron chi connectivity index (χ3n) is 4.14. The highest BCUT2D eigenvalue weighted by Crippen LogP contribution is 2.35. The summed E-state index contributed by atoms with van der Waals surface area (Å²) in [6.45, 7) is 0. The molecule has 0 atom stereocenters. The SMILES string of the molecule is O=C(Oc1ccc2c(c1)O/C(=C\c1ccccc1F)C2=O)c1ccccc1Br. The highest BCUT2D eigenvalue weighted by Gasteiger charge is 2.28. The van der Waals surface area contributed by atoms with Crippen LogP contribution in [0.4, 0.5) is 4.39 Å². The van der Waals surface area contributed by atoms with Gasteiger partial charge in [-0.15, -0.1) is 0 Å². The van der Waals surface area contributed by atoms with Crippen molar-refractivity contribution < 1.29 is 23.5 Å². The Hall–Kier alpha value is -3.25. The molecule has 1 heterocycles. The van der Waals surface area contributed by atoms with Crippen LogP contribution in [0.5, 0.6) is 11.5 Å². The van der Waals surface area contributed by atoms with E-state index in [9.17, 15) is 14.0 Å². The molecule has 0 saturated carbocycles. The van der Waals surface area contributed by atoms with Crippen molar-refractivity contribution >= 4 is 33.8 Å². The van der Waals surface area contributed by atoms with Gasteiger partial charge in [0, 0.05) is 16.1 Å². The molecule has 0 fully saturated rings. The fraction of sp³-hybridized carbons (Fsp3) is 0. The Labute approximate surface area is 168 Å². The number of hydrogen-bond acceptors (Lipinski definition) is 4. The molecule has 4 nitrogen and oxygen atoms in total. The smallest absolute Gasteiger partial charge is 0.344 e. The summed E-state index contributed by atoms with van der Waals surface area (Å²) in [6.07, 6.45) is 1.35. The van der Waals surface area contributed by atoms with Gasteiger partial charge in [0.15, 0.2) is 5.76 Å². The molecular weight excluding hydrogens is 427 g/mol. The zero-order valence-electron chi connectivity index (χ0n) is 14.3. The maximum Gasteiger partial charge on any atom is 0.344 e. The summed E-state index contributed by atoms with van der Waals surface area (Å²) in [4.78, 5) is 24.8. The Morgan fingerprint density at radius 2 is 1.79 bits per heavy atom. The first kappa shape index (κ1) is 18.1. The van der Waals surface area contributed by atoms with Crippen molar-refractivity contribution in [2.75, 3.05) is 0 Å². The minimum Gasteiger partial charge on any atom is -0.452 e. The van der Waals surface area contributed by atoms with Gasteiger partial charge < -0.3 is 9.47 Å². The van der Waals surface area contributed by atoms with E-state index >= 15 is 0 Å². The van der Waals surface area contributed by atoms with Crippen LogP contribution in [0.1, 0.15) is 26.3 Å². The summed E-state index contributed by atoms with van der Waals surface area (Å²) in [5.41, 5.74) is 0.947. The molecule has 0 spiro atoms. The monoisotopic (exact) mass is 438 g/mol. The van der Waals surface area contributed by atoms with E-state index in [0.717, 1.165) is 0 Å². The Balaban J connectivity index is 1.58. The normalized spacial score (nSPS) is 13.9. The third kappa shape index (κ3) is 3.46. The number of esters is 1. The molecule has 3 aromatic carbocycles. The molecule has 4 rings (SSSR count). The minimum absolute atomic E-state index is 0.00869. The summed E-state index contributed by atoms with van der Waals surface area (Å²) in [5.74, 6) is -0.856. The predicted octanol–water partition coefficient (Wildman–Crippen LogP) is 5.42. The standard InChI is InChI=1S/C22H12BrFO4/c23-17-7-3-2-6-15(17)22(26)27-14-9-10-16-19(12-14)28-20(21(16)25)11-13-5-1-4-8-18(13)24/h1-12H/b20-11-. The first-order valence-electron chi connectivity index (χ1n) is 8.32. The molecule has 138 valence electrons. The van der Waals surface area contributed by atoms with Crippen molar-refractivity contribution in [3.8, 4) is 11.5 Å². The Kier molecular flexibility index (Phi) is 4.79. The average molecular weight is 439 g/mol. The van der Waals surface area contributed by atoms with Crippen molar-refractivity contribution in [3.63, 3.8) is 0 Å². The zero-order chi connectivity index (χ0) is 19.7. The lowest BCUT2D eigenvalue weighted by atomic mass is 10.1. The summed E-state index contributed by atoms with van der Waals surface area (Å²) < 4.78 is 25.4. The minimum atomic E-state index is -0.543. The molecule has 1 aliphatic heterocycles. The van der Waals surface area contributed by atoms with Crippen LogP contribution in [-0.2, 0) is 0 Å². The molecule has 1 aliphatic rings. The number of ether oxygens (including phenoxy) is 2. The lowest BCUT2D eigenvalue weighted by Crippen LogP contribution is -2.09. The number of Topliss-reactive ketones (excluding diaryl/α,β-unsaturated/α-hetero) is 1. The van der Waals surface area contributed by atoms with Gasteiger partial charge in [-0.3, -0.25) is 4.79 Å². The molecule has 0 aromatic heterocycles. The number of benzene rings is 3. The maximum absolute atomic E-state index is 13.8. The van der Waals surface area contributed by atoms with E-state index in [1.54, 1.807) is 42.5 Å². The van der Waals surface area contributed by atoms with E-state index in [1.807, 2.05) is 0 Å². The fourth-order valence-corrected chi connectivity index (χ4v) is 3.20. The van der Waals surface area contributed by atoms with Gasteiger partial charge in [0.1, 0.15) is 17.3 Å². The number of carbonyl (C=O) groups is 2. The zero-order valence-corrected chi connectivity index (χ0v) is 15.9. The fourth-order valence-electron chi connectivity index (χ4n) is 2.75. The van der Waals surface area contributed by atoms with Crippen LogP contribution >= 0.6 is 15.9 Å². The Bertz CT molecular complexity index is 1140. The molecule has 0 radical (unpaired) electrons. The quantitative estimate of drug-likeness (QED) is 0.311. The topological polar surface area (TPSA) is 52.6 Å². The van der Waals surface area contributed by atoms with E-state index in [1.165, 1.54) is 30.3 Å². The van der Waals surface area contributed by atoms with Gasteiger partial charge in [0.25, 0.3) is 0 Å². The molecule has 3 aromatic rings. The predicted molar refractivity (Wildman–Crippen MR) is 105 cm³/mol. The van der Waals surface area contributed by atoms with Crippen molar-refractivity contribution in [3.05, 3.63) is 99.5 Å². The van der Waals surface area contributed by atoms with Gasteiger partial charge in [-0.05, 0) is 52.3 Å².